The van der Waals surface area contributed by atoms with E-state index in [2.05, 4.69) is 0 Å². The van der Waals surface area contributed by atoms with Crippen molar-refractivity contribution in [2.24, 2.45) is 0 Å². The molecule has 1 atom stereocenters. The monoisotopic (exact) mass is 484 g/mol. The smallest absolute Gasteiger partial charge is 0.368 e. The first-order valence-corrected chi connectivity index (χ1v) is 9.55. The number of aldehydes is 1. The van der Waals surface area contributed by atoms with Crippen molar-refractivity contribution in [3.8, 4) is 0 Å². The zero-order valence-corrected chi connectivity index (χ0v) is 18.7. The van der Waals surface area contributed by atoms with Crippen molar-refractivity contribution in [3.63, 3.8) is 0 Å². The minimum absolute atomic E-state index is 0. The summed E-state index contributed by atoms with van der Waals surface area (Å²) in [5, 5.41) is 18.5. The van der Waals surface area contributed by atoms with Crippen LogP contribution < -0.4 is 0 Å². The van der Waals surface area contributed by atoms with Gasteiger partial charge in [-0.1, -0.05) is 47.5 Å². The molecule has 8 nitrogen and oxygen atoms in total. The van der Waals surface area contributed by atoms with Crippen molar-refractivity contribution in [2.45, 2.75) is 26.1 Å². The molecule has 2 aromatic rings. The number of Topliss-reactive ketones (excluding diaryl/α,β-unsaturated/α-hetero) is 1. The molecule has 32 heavy (non-hydrogen) atoms. The highest BCUT2D eigenvalue weighted by Crippen LogP contribution is 2.33. The predicted molar refractivity (Wildman–Crippen MR) is 119 cm³/mol. The Labute approximate surface area is 194 Å². The van der Waals surface area contributed by atoms with Crippen LogP contribution in [-0.2, 0) is 30.3 Å². The Balaban J connectivity index is 0.000000500. The van der Waals surface area contributed by atoms with Crippen LogP contribution >= 0.6 is 23.2 Å². The maximum Gasteiger partial charge on any atom is 0.368 e. The molecule has 1 unspecified atom stereocenters. The molecule has 3 rings (SSSR count). The number of carbonyl (C=O) groups excluding carboxylic acids is 3. The van der Waals surface area contributed by atoms with Gasteiger partial charge in [0.15, 0.2) is 0 Å². The average Bonchev–Trinajstić information content (AvgIpc) is 2.97. The second-order valence-electron chi connectivity index (χ2n) is 6.43. The molecule has 0 saturated carbocycles. The first-order valence-electron chi connectivity index (χ1n) is 8.80. The van der Waals surface area contributed by atoms with E-state index in [-0.39, 0.29) is 17.5 Å². The van der Waals surface area contributed by atoms with E-state index >= 15 is 0 Å². The van der Waals surface area contributed by atoms with Crippen molar-refractivity contribution in [2.75, 3.05) is 0 Å². The molecule has 0 aliphatic carbocycles. The number of hydrogen-bond donors (Lipinski definition) is 2. The second-order valence-corrected chi connectivity index (χ2v) is 7.30. The normalized spacial score (nSPS) is 16.0. The summed E-state index contributed by atoms with van der Waals surface area (Å²) in [7, 11) is 0. The number of carboxylic acids is 1. The van der Waals surface area contributed by atoms with Gasteiger partial charge in [-0.25, -0.2) is 9.59 Å². The third kappa shape index (κ3) is 10.3. The van der Waals surface area contributed by atoms with Crippen LogP contribution in [0.1, 0.15) is 25.0 Å². The van der Waals surface area contributed by atoms with Crippen LogP contribution in [0.3, 0.4) is 0 Å². The molecule has 2 aromatic carbocycles. The SMILES string of the molecule is CC(=O)Cc1ccc(Cl)cc1.CC1(O)OC(=O)C=C1c1ccc(Cl)cc1.O.O=CC(=O)O. The fourth-order valence-electron chi connectivity index (χ4n) is 2.40. The average molecular weight is 485 g/mol. The standard InChI is InChI=1S/C11H9ClO3.C9H9ClO.C2H2O3.H2O/c1-11(14)9(6-10(13)15-11)7-2-4-8(12)5-3-7;1-7(11)6-8-2-4-9(10)5-3-8;3-1-2(4)5;/h2-6,14H,1H3;2-5H,6H2,1H3;1H,(H,4,5);1H2. The van der Waals surface area contributed by atoms with Gasteiger partial charge in [-0.05, 0) is 42.3 Å². The van der Waals surface area contributed by atoms with Crippen LogP contribution in [-0.4, -0.2) is 45.5 Å². The Bertz CT molecular complexity index is 964. The van der Waals surface area contributed by atoms with Gasteiger partial charge in [0.2, 0.25) is 12.1 Å². The highest BCUT2D eigenvalue weighted by atomic mass is 35.5. The van der Waals surface area contributed by atoms with E-state index in [0.29, 0.717) is 22.0 Å². The van der Waals surface area contributed by atoms with Gasteiger partial charge in [-0.15, -0.1) is 0 Å². The number of cyclic esters (lactones) is 1. The number of ketones is 1. The summed E-state index contributed by atoms with van der Waals surface area (Å²) < 4.78 is 4.74. The number of esters is 1. The fraction of sp³-hybridized carbons (Fsp3) is 0.182. The molecule has 0 spiro atoms. The van der Waals surface area contributed by atoms with E-state index in [4.69, 9.17) is 42.6 Å². The highest BCUT2D eigenvalue weighted by Gasteiger charge is 2.37. The van der Waals surface area contributed by atoms with Gasteiger partial charge in [-0.2, -0.15) is 0 Å². The van der Waals surface area contributed by atoms with E-state index in [1.165, 1.54) is 13.0 Å². The molecular formula is C22H22Cl2O8. The molecule has 0 fully saturated rings. The lowest BCUT2D eigenvalue weighted by atomic mass is 10.00. The molecule has 0 aromatic heterocycles. The van der Waals surface area contributed by atoms with E-state index in [9.17, 15) is 14.7 Å². The summed E-state index contributed by atoms with van der Waals surface area (Å²) in [6, 6.07) is 14.1. The quantitative estimate of drug-likeness (QED) is 0.384. The van der Waals surface area contributed by atoms with E-state index < -0.39 is 17.7 Å². The van der Waals surface area contributed by atoms with Crippen molar-refractivity contribution in [1.82, 2.24) is 0 Å². The van der Waals surface area contributed by atoms with Crippen molar-refractivity contribution in [3.05, 3.63) is 75.8 Å². The fourth-order valence-corrected chi connectivity index (χ4v) is 2.65. The zero-order valence-electron chi connectivity index (χ0n) is 17.2. The first-order chi connectivity index (χ1) is 14.4. The molecule has 0 bridgehead atoms. The van der Waals surface area contributed by atoms with Crippen LogP contribution in [0.2, 0.25) is 10.0 Å². The molecule has 1 aliphatic heterocycles. The Morgan fingerprint density at radius 3 is 1.81 bits per heavy atom. The lowest BCUT2D eigenvalue weighted by molar-refractivity contribution is -0.169. The van der Waals surface area contributed by atoms with Gasteiger partial charge in [-0.3, -0.25) is 9.59 Å². The maximum absolute atomic E-state index is 11.0. The molecule has 0 radical (unpaired) electrons. The summed E-state index contributed by atoms with van der Waals surface area (Å²) in [4.78, 5) is 39.6. The van der Waals surface area contributed by atoms with Gasteiger partial charge in [0.25, 0.3) is 0 Å². The van der Waals surface area contributed by atoms with Gasteiger partial charge in [0.05, 0.1) is 0 Å². The molecule has 4 N–H and O–H groups in total. The summed E-state index contributed by atoms with van der Waals surface area (Å²) in [5.74, 6) is -3.34. The van der Waals surface area contributed by atoms with Gasteiger partial charge in [0, 0.05) is 35.0 Å². The number of hydrogen-bond acceptors (Lipinski definition) is 6. The molecule has 1 aliphatic rings. The largest absolute Gasteiger partial charge is 0.476 e. The number of ether oxygens (including phenoxy) is 1. The van der Waals surface area contributed by atoms with Gasteiger partial charge in [0.1, 0.15) is 5.78 Å². The van der Waals surface area contributed by atoms with Crippen LogP contribution in [0.15, 0.2) is 54.6 Å². The molecular weight excluding hydrogens is 463 g/mol. The number of benzene rings is 2. The van der Waals surface area contributed by atoms with Crippen molar-refractivity contribution < 1.29 is 39.6 Å². The third-order valence-electron chi connectivity index (χ3n) is 3.68. The minimum atomic E-state index is -1.55. The topological polar surface area (TPSA) is 149 Å². The number of rotatable bonds is 4. The maximum atomic E-state index is 11.0. The predicted octanol–water partition coefficient (Wildman–Crippen LogP) is 2.91. The number of carbonyl (C=O) groups is 4. The molecule has 0 amide bonds. The number of aliphatic carboxylic acids is 1. The number of aliphatic hydroxyl groups is 1. The highest BCUT2D eigenvalue weighted by molar-refractivity contribution is 6.30. The number of carboxylic acid groups (broad SMARTS) is 1. The van der Waals surface area contributed by atoms with Crippen LogP contribution in [0.4, 0.5) is 0 Å². The lowest BCUT2D eigenvalue weighted by Gasteiger charge is -2.19. The third-order valence-corrected chi connectivity index (χ3v) is 4.19. The molecule has 0 saturated heterocycles. The van der Waals surface area contributed by atoms with E-state index in [1.54, 1.807) is 43.3 Å². The summed E-state index contributed by atoms with van der Waals surface area (Å²) in [6.45, 7) is 3.01. The Kier molecular flexibility index (Phi) is 12.1. The number of halogens is 2. The minimum Gasteiger partial charge on any atom is -0.476 e. The van der Waals surface area contributed by atoms with E-state index in [1.807, 2.05) is 12.1 Å². The summed E-state index contributed by atoms with van der Waals surface area (Å²) in [5.41, 5.74) is 2.18. The second kappa shape index (κ2) is 13.4. The summed E-state index contributed by atoms with van der Waals surface area (Å²) in [6.07, 6.45) is 1.61. The van der Waals surface area contributed by atoms with Crippen LogP contribution in [0, 0.1) is 0 Å². The zero-order chi connectivity index (χ0) is 23.6. The Morgan fingerprint density at radius 2 is 1.47 bits per heavy atom. The van der Waals surface area contributed by atoms with Gasteiger partial charge >= 0.3 is 11.9 Å². The first kappa shape index (κ1) is 29.0. The van der Waals surface area contributed by atoms with Gasteiger partial charge < -0.3 is 20.4 Å². The van der Waals surface area contributed by atoms with Crippen molar-refractivity contribution >= 4 is 52.8 Å². The summed E-state index contributed by atoms with van der Waals surface area (Å²) >= 11 is 11.4. The van der Waals surface area contributed by atoms with E-state index in [0.717, 1.165) is 11.1 Å². The molecule has 10 heteroatoms. The molecule has 1 heterocycles. The van der Waals surface area contributed by atoms with Crippen LogP contribution in [0.5, 0.6) is 0 Å². The Hall–Kier alpha value is -3.04. The van der Waals surface area contributed by atoms with Crippen LogP contribution in [0.25, 0.3) is 5.57 Å². The van der Waals surface area contributed by atoms with Crippen molar-refractivity contribution in [1.29, 1.82) is 0 Å². The lowest BCUT2D eigenvalue weighted by Crippen LogP contribution is -2.26. The Morgan fingerprint density at radius 1 is 1.03 bits per heavy atom. The molecule has 172 valence electrons.